The standard InChI is InChI=1S/C51H31N3O/c1-3-14-32(15-4-1)35-27-29-42-46(31-35)55-45-25-13-24-43(48(42)45)51-53-49(34-17-5-2-6-18-34)52-50(54-51)41-23-12-11-22-39(41)44-30-36-19-8-10-21-38(36)47-37-20-9-7-16-33(37)26-28-40(44)47/h1-31H. The quantitative estimate of drug-likeness (QED) is 0.168. The van der Waals surface area contributed by atoms with Gasteiger partial charge in [-0.3, -0.25) is 0 Å². The molecule has 4 nitrogen and oxygen atoms in total. The molecule has 2 heterocycles. The summed E-state index contributed by atoms with van der Waals surface area (Å²) in [4.78, 5) is 15.7. The van der Waals surface area contributed by atoms with Gasteiger partial charge in [0.15, 0.2) is 17.5 Å². The highest BCUT2D eigenvalue weighted by Crippen LogP contribution is 2.43. The summed E-state index contributed by atoms with van der Waals surface area (Å²) >= 11 is 0. The Balaban J connectivity index is 1.16. The van der Waals surface area contributed by atoms with E-state index in [1.807, 2.05) is 36.4 Å². The molecule has 4 heteroatoms. The van der Waals surface area contributed by atoms with Gasteiger partial charge >= 0.3 is 0 Å². The molecule has 11 rings (SSSR count). The van der Waals surface area contributed by atoms with Crippen molar-refractivity contribution in [3.63, 3.8) is 0 Å². The summed E-state index contributed by atoms with van der Waals surface area (Å²) in [5.74, 6) is 1.81. The van der Waals surface area contributed by atoms with Crippen LogP contribution in [-0.4, -0.2) is 15.0 Å². The fourth-order valence-corrected chi connectivity index (χ4v) is 8.16. The van der Waals surface area contributed by atoms with Gasteiger partial charge in [-0.1, -0.05) is 164 Å². The van der Waals surface area contributed by atoms with Gasteiger partial charge in [0.2, 0.25) is 0 Å². The van der Waals surface area contributed by atoms with Crippen LogP contribution in [0.15, 0.2) is 192 Å². The molecule has 0 spiro atoms. The lowest BCUT2D eigenvalue weighted by Gasteiger charge is -2.16. The van der Waals surface area contributed by atoms with Crippen LogP contribution in [0.1, 0.15) is 0 Å². The lowest BCUT2D eigenvalue weighted by molar-refractivity contribution is 0.669. The molecule has 0 unspecified atom stereocenters. The van der Waals surface area contributed by atoms with Crippen LogP contribution in [0.2, 0.25) is 0 Å². The molecule has 0 amide bonds. The molecule has 256 valence electrons. The van der Waals surface area contributed by atoms with E-state index in [9.17, 15) is 0 Å². The summed E-state index contributed by atoms with van der Waals surface area (Å²) in [5.41, 5.74) is 8.80. The maximum Gasteiger partial charge on any atom is 0.164 e. The van der Waals surface area contributed by atoms with Crippen molar-refractivity contribution in [2.24, 2.45) is 0 Å². The van der Waals surface area contributed by atoms with Crippen molar-refractivity contribution in [1.29, 1.82) is 0 Å². The van der Waals surface area contributed by atoms with Crippen LogP contribution in [0.4, 0.5) is 0 Å². The van der Waals surface area contributed by atoms with E-state index in [-0.39, 0.29) is 0 Å². The van der Waals surface area contributed by atoms with Gasteiger partial charge in [0.05, 0.1) is 0 Å². The molecule has 0 saturated heterocycles. The van der Waals surface area contributed by atoms with Crippen molar-refractivity contribution in [3.05, 3.63) is 188 Å². The largest absolute Gasteiger partial charge is 0.456 e. The first-order chi connectivity index (χ1) is 27.3. The molecule has 2 aromatic heterocycles. The maximum absolute atomic E-state index is 6.52. The monoisotopic (exact) mass is 701 g/mol. The third-order valence-corrected chi connectivity index (χ3v) is 10.7. The summed E-state index contributed by atoms with van der Waals surface area (Å²) in [5, 5.41) is 9.31. The van der Waals surface area contributed by atoms with Crippen molar-refractivity contribution in [1.82, 2.24) is 15.0 Å². The van der Waals surface area contributed by atoms with E-state index in [1.54, 1.807) is 0 Å². The summed E-state index contributed by atoms with van der Waals surface area (Å²) in [6.45, 7) is 0. The van der Waals surface area contributed by atoms with Crippen LogP contribution in [0.25, 0.3) is 111 Å². The summed E-state index contributed by atoms with van der Waals surface area (Å²) in [7, 11) is 0. The minimum Gasteiger partial charge on any atom is -0.456 e. The zero-order valence-electron chi connectivity index (χ0n) is 29.6. The van der Waals surface area contributed by atoms with Crippen LogP contribution in [0.5, 0.6) is 0 Å². The summed E-state index contributed by atoms with van der Waals surface area (Å²) < 4.78 is 6.52. The fraction of sp³-hybridized carbons (Fsp3) is 0. The zero-order valence-corrected chi connectivity index (χ0v) is 29.6. The number of fused-ring (bicyclic) bond motifs is 8. The highest BCUT2D eigenvalue weighted by molar-refractivity contribution is 6.24. The summed E-state index contributed by atoms with van der Waals surface area (Å²) in [6, 6.07) is 65.7. The smallest absolute Gasteiger partial charge is 0.164 e. The van der Waals surface area contributed by atoms with Crippen molar-refractivity contribution in [3.8, 4) is 56.4 Å². The minimum absolute atomic E-state index is 0.591. The molecule has 0 aliphatic rings. The van der Waals surface area contributed by atoms with E-state index in [1.165, 1.54) is 32.3 Å². The Morgan fingerprint density at radius 1 is 0.291 bits per heavy atom. The van der Waals surface area contributed by atoms with Crippen molar-refractivity contribution in [2.45, 2.75) is 0 Å². The molecular formula is C51H31N3O. The van der Waals surface area contributed by atoms with Gasteiger partial charge in [-0.05, 0) is 78.8 Å². The molecule has 0 radical (unpaired) electrons. The molecule has 55 heavy (non-hydrogen) atoms. The first-order valence-corrected chi connectivity index (χ1v) is 18.5. The van der Waals surface area contributed by atoms with Gasteiger partial charge in [0, 0.05) is 27.5 Å². The van der Waals surface area contributed by atoms with E-state index < -0.39 is 0 Å². The van der Waals surface area contributed by atoms with Gasteiger partial charge < -0.3 is 4.42 Å². The first kappa shape index (κ1) is 31.1. The van der Waals surface area contributed by atoms with Crippen LogP contribution >= 0.6 is 0 Å². The van der Waals surface area contributed by atoms with Crippen LogP contribution < -0.4 is 0 Å². The lowest BCUT2D eigenvalue weighted by Crippen LogP contribution is -2.01. The third-order valence-electron chi connectivity index (χ3n) is 10.7. The number of hydrogen-bond acceptors (Lipinski definition) is 4. The highest BCUT2D eigenvalue weighted by atomic mass is 16.3. The molecule has 0 fully saturated rings. The number of aromatic nitrogens is 3. The lowest BCUT2D eigenvalue weighted by atomic mass is 9.88. The van der Waals surface area contributed by atoms with E-state index in [4.69, 9.17) is 19.4 Å². The maximum atomic E-state index is 6.52. The summed E-state index contributed by atoms with van der Waals surface area (Å²) in [6.07, 6.45) is 0. The molecule has 11 aromatic rings. The normalized spacial score (nSPS) is 11.6. The fourth-order valence-electron chi connectivity index (χ4n) is 8.16. The number of hydrogen-bond donors (Lipinski definition) is 0. The topological polar surface area (TPSA) is 51.8 Å². The predicted molar refractivity (Wildman–Crippen MR) is 227 cm³/mol. The Morgan fingerprint density at radius 2 is 0.891 bits per heavy atom. The second-order valence-electron chi connectivity index (χ2n) is 13.9. The minimum atomic E-state index is 0.591. The van der Waals surface area contributed by atoms with E-state index >= 15 is 0 Å². The molecule has 0 atom stereocenters. The second kappa shape index (κ2) is 12.6. The van der Waals surface area contributed by atoms with Crippen molar-refractivity contribution < 1.29 is 4.42 Å². The third kappa shape index (κ3) is 5.19. The van der Waals surface area contributed by atoms with Gasteiger partial charge in [0.25, 0.3) is 0 Å². The van der Waals surface area contributed by atoms with Crippen LogP contribution in [0.3, 0.4) is 0 Å². The first-order valence-electron chi connectivity index (χ1n) is 18.5. The Labute approximate surface area is 317 Å². The second-order valence-corrected chi connectivity index (χ2v) is 13.9. The van der Waals surface area contributed by atoms with Gasteiger partial charge in [-0.25, -0.2) is 15.0 Å². The van der Waals surface area contributed by atoms with E-state index in [0.29, 0.717) is 17.5 Å². The number of furan rings is 1. The molecule has 0 bridgehead atoms. The van der Waals surface area contributed by atoms with Gasteiger partial charge in [0.1, 0.15) is 11.2 Å². The molecule has 9 aromatic carbocycles. The SMILES string of the molecule is c1ccc(-c2ccc3c(c2)oc2cccc(-c4nc(-c5ccccc5)nc(-c5ccccc5-c5cc6ccccc6c6c5ccc5ccccc56)n4)c23)cc1. The molecule has 0 saturated carbocycles. The Hall–Kier alpha value is -7.43. The Kier molecular flexibility index (Phi) is 7.14. The molecule has 0 aliphatic heterocycles. The van der Waals surface area contributed by atoms with E-state index in [0.717, 1.165) is 60.9 Å². The molecular weight excluding hydrogens is 671 g/mol. The van der Waals surface area contributed by atoms with Crippen LogP contribution in [-0.2, 0) is 0 Å². The number of rotatable bonds is 5. The van der Waals surface area contributed by atoms with Crippen molar-refractivity contribution in [2.75, 3.05) is 0 Å². The number of benzene rings is 9. The molecule has 0 aliphatic carbocycles. The van der Waals surface area contributed by atoms with E-state index in [2.05, 4.69) is 152 Å². The highest BCUT2D eigenvalue weighted by Gasteiger charge is 2.21. The van der Waals surface area contributed by atoms with Gasteiger partial charge in [-0.2, -0.15) is 0 Å². The Bertz CT molecular complexity index is 3240. The predicted octanol–water partition coefficient (Wildman–Crippen LogP) is 13.6. The number of nitrogens with zero attached hydrogens (tertiary/aromatic N) is 3. The van der Waals surface area contributed by atoms with Crippen molar-refractivity contribution >= 4 is 54.3 Å². The molecule has 0 N–H and O–H groups in total. The zero-order chi connectivity index (χ0) is 36.3. The Morgan fingerprint density at radius 3 is 1.69 bits per heavy atom. The average molecular weight is 702 g/mol. The average Bonchev–Trinajstić information content (AvgIpc) is 3.65. The van der Waals surface area contributed by atoms with Gasteiger partial charge in [-0.15, -0.1) is 0 Å². The van der Waals surface area contributed by atoms with Crippen LogP contribution in [0, 0.1) is 0 Å².